The Kier molecular flexibility index (Phi) is 2.46. The number of benzene rings is 1. The predicted octanol–water partition coefficient (Wildman–Crippen LogP) is 0.299. The average molecular weight is 288 g/mol. The van der Waals surface area contributed by atoms with Crippen molar-refractivity contribution in [3.05, 3.63) is 17.2 Å². The second-order valence-corrected chi connectivity index (χ2v) is 5.56. The molecule has 1 aliphatic heterocycles. The van der Waals surface area contributed by atoms with E-state index in [-0.39, 0.29) is 22.3 Å². The number of aliphatic hydroxyl groups is 1. The minimum absolute atomic E-state index is 0.0130. The van der Waals surface area contributed by atoms with Gasteiger partial charge in [-0.2, -0.15) is 8.42 Å². The number of furan rings is 2. The lowest BCUT2D eigenvalue weighted by Gasteiger charge is -2.05. The third kappa shape index (κ3) is 1.91. The first-order valence-electron chi connectivity index (χ1n) is 5.22. The number of rotatable bonds is 4. The molecule has 2 N–H and O–H groups in total. The Labute approximate surface area is 106 Å². The van der Waals surface area contributed by atoms with Gasteiger partial charge in [-0.1, -0.05) is 0 Å². The van der Waals surface area contributed by atoms with Crippen LogP contribution in [0.1, 0.15) is 22.2 Å². The summed E-state index contributed by atoms with van der Waals surface area (Å²) in [5.74, 6) is -1.19. The molecular formula is C10H8O8S. The standard InChI is InChI=1S/C10H8O8S/c11-9(16-1-2-19(13,14)15)6-4-3-5-8(17-4)7(6)10(12)18-5/h3,10,12H,1-2H2,(H,13,14,15). The number of esters is 1. The first kappa shape index (κ1) is 12.2. The Bertz CT molecular complexity index is 743. The quantitative estimate of drug-likeness (QED) is 0.608. The van der Waals surface area contributed by atoms with Crippen molar-refractivity contribution in [2.24, 2.45) is 0 Å². The number of hydrogen-bond acceptors (Lipinski definition) is 7. The highest BCUT2D eigenvalue weighted by Crippen LogP contribution is 2.47. The van der Waals surface area contributed by atoms with Gasteiger partial charge in [-0.15, -0.1) is 0 Å². The van der Waals surface area contributed by atoms with Gasteiger partial charge in [-0.05, 0) is 0 Å². The maximum atomic E-state index is 11.8. The van der Waals surface area contributed by atoms with Crippen LogP contribution in [0.5, 0.6) is 5.75 Å². The second-order valence-electron chi connectivity index (χ2n) is 3.98. The van der Waals surface area contributed by atoms with Gasteiger partial charge in [0, 0.05) is 6.07 Å². The van der Waals surface area contributed by atoms with E-state index < -0.39 is 34.7 Å². The molecule has 2 aromatic heterocycles. The number of carbonyl (C=O) groups excluding carboxylic acids is 1. The fourth-order valence-electron chi connectivity index (χ4n) is 1.96. The molecule has 0 spiro atoms. The molecule has 1 unspecified atom stereocenters. The van der Waals surface area contributed by atoms with E-state index in [0.717, 1.165) is 0 Å². The van der Waals surface area contributed by atoms with Crippen molar-refractivity contribution in [3.8, 4) is 5.75 Å². The predicted molar refractivity (Wildman–Crippen MR) is 59.7 cm³/mol. The maximum absolute atomic E-state index is 11.8. The molecule has 102 valence electrons. The van der Waals surface area contributed by atoms with Crippen molar-refractivity contribution < 1.29 is 36.8 Å². The molecule has 3 heterocycles. The summed E-state index contributed by atoms with van der Waals surface area (Å²) in [7, 11) is -4.20. The van der Waals surface area contributed by atoms with Crippen molar-refractivity contribution in [3.63, 3.8) is 0 Å². The molecule has 2 bridgehead atoms. The van der Waals surface area contributed by atoms with Gasteiger partial charge >= 0.3 is 5.97 Å². The summed E-state index contributed by atoms with van der Waals surface area (Å²) in [6, 6.07) is 1.44. The molecule has 0 saturated heterocycles. The fraction of sp³-hybridized carbons (Fsp3) is 0.300. The van der Waals surface area contributed by atoms with E-state index in [1.165, 1.54) is 6.07 Å². The summed E-state index contributed by atoms with van der Waals surface area (Å²) >= 11 is 0. The molecule has 2 aromatic rings. The lowest BCUT2D eigenvalue weighted by Crippen LogP contribution is -2.16. The van der Waals surface area contributed by atoms with Crippen molar-refractivity contribution in [1.82, 2.24) is 0 Å². The van der Waals surface area contributed by atoms with E-state index >= 15 is 0 Å². The summed E-state index contributed by atoms with van der Waals surface area (Å²) in [4.78, 5) is 11.8. The van der Waals surface area contributed by atoms with Crippen molar-refractivity contribution in [1.29, 1.82) is 0 Å². The zero-order valence-corrected chi connectivity index (χ0v) is 10.1. The van der Waals surface area contributed by atoms with Crippen molar-refractivity contribution >= 4 is 27.3 Å². The molecule has 0 amide bonds. The Balaban J connectivity index is 1.80. The number of aliphatic hydroxyl groups excluding tert-OH is 1. The summed E-state index contributed by atoms with van der Waals surface area (Å²) in [5.41, 5.74) is 0.682. The number of hydrogen-bond donors (Lipinski definition) is 2. The summed E-state index contributed by atoms with van der Waals surface area (Å²) in [5, 5.41) is 9.59. The molecule has 9 heteroatoms. The first-order valence-corrected chi connectivity index (χ1v) is 6.83. The van der Waals surface area contributed by atoms with Crippen molar-refractivity contribution in [2.45, 2.75) is 6.29 Å². The van der Waals surface area contributed by atoms with Crippen LogP contribution >= 0.6 is 0 Å². The molecule has 1 atom stereocenters. The average Bonchev–Trinajstić information content (AvgIpc) is 2.86. The van der Waals surface area contributed by atoms with Crippen LogP contribution in [0.25, 0.3) is 11.2 Å². The van der Waals surface area contributed by atoms with E-state index in [9.17, 15) is 18.3 Å². The summed E-state index contributed by atoms with van der Waals surface area (Å²) in [6.45, 7) is -0.495. The highest BCUT2D eigenvalue weighted by molar-refractivity contribution is 7.85. The minimum atomic E-state index is -4.20. The second kappa shape index (κ2) is 3.83. The van der Waals surface area contributed by atoms with Crippen LogP contribution in [-0.2, 0) is 14.9 Å². The van der Waals surface area contributed by atoms with Gasteiger partial charge in [0.25, 0.3) is 10.1 Å². The van der Waals surface area contributed by atoms with Crippen LogP contribution < -0.4 is 4.74 Å². The first-order chi connectivity index (χ1) is 8.87. The molecule has 0 fully saturated rings. The smallest absolute Gasteiger partial charge is 0.342 e. The molecule has 19 heavy (non-hydrogen) atoms. The molecule has 0 aliphatic carbocycles. The molecule has 3 rings (SSSR count). The zero-order chi connectivity index (χ0) is 13.8. The van der Waals surface area contributed by atoms with Gasteiger partial charge in [0.1, 0.15) is 23.5 Å². The van der Waals surface area contributed by atoms with Crippen LogP contribution in [0, 0.1) is 0 Å². The number of fused-ring (bicyclic) bond motifs is 1. The van der Waals surface area contributed by atoms with Gasteiger partial charge in [0.2, 0.25) is 6.29 Å². The monoisotopic (exact) mass is 288 g/mol. The molecule has 8 nitrogen and oxygen atoms in total. The third-order valence-corrected chi connectivity index (χ3v) is 3.41. The van der Waals surface area contributed by atoms with E-state index in [1.807, 2.05) is 0 Å². The Hall–Kier alpha value is -1.84. The SMILES string of the molecule is O=C(OCCS(=O)(=O)O)c1c2c3oc1cc3OC2O. The lowest BCUT2D eigenvalue weighted by atomic mass is 10.1. The molecule has 0 aromatic carbocycles. The normalized spacial score (nSPS) is 17.9. The van der Waals surface area contributed by atoms with Gasteiger partial charge in [-0.25, -0.2) is 4.79 Å². The number of carbonyl (C=O) groups is 1. The summed E-state index contributed by atoms with van der Waals surface area (Å²) in [6.07, 6.45) is -1.30. The van der Waals surface area contributed by atoms with Crippen LogP contribution in [-0.4, -0.2) is 36.4 Å². The Morgan fingerprint density at radius 1 is 1.47 bits per heavy atom. The van der Waals surface area contributed by atoms with E-state index in [1.54, 1.807) is 0 Å². The van der Waals surface area contributed by atoms with Crippen LogP contribution in [0.3, 0.4) is 0 Å². The van der Waals surface area contributed by atoms with Crippen molar-refractivity contribution in [2.75, 3.05) is 12.4 Å². The van der Waals surface area contributed by atoms with Gasteiger partial charge in [0.05, 0.1) is 5.56 Å². The molecule has 0 radical (unpaired) electrons. The topological polar surface area (TPSA) is 123 Å². The lowest BCUT2D eigenvalue weighted by molar-refractivity contribution is -0.00924. The summed E-state index contributed by atoms with van der Waals surface area (Å²) < 4.78 is 44.4. The largest absolute Gasteiger partial charge is 0.461 e. The van der Waals surface area contributed by atoms with Gasteiger partial charge < -0.3 is 19.0 Å². The maximum Gasteiger partial charge on any atom is 0.342 e. The zero-order valence-electron chi connectivity index (χ0n) is 9.32. The fourth-order valence-corrected chi connectivity index (χ4v) is 2.25. The molecular weight excluding hydrogens is 280 g/mol. The van der Waals surface area contributed by atoms with E-state index in [4.69, 9.17) is 18.4 Å². The van der Waals surface area contributed by atoms with E-state index in [0.29, 0.717) is 5.75 Å². The molecule has 1 aliphatic rings. The van der Waals surface area contributed by atoms with Crippen LogP contribution in [0.2, 0.25) is 0 Å². The third-order valence-electron chi connectivity index (χ3n) is 2.72. The number of ether oxygens (including phenoxy) is 2. The van der Waals surface area contributed by atoms with Gasteiger partial charge in [-0.3, -0.25) is 4.55 Å². The Morgan fingerprint density at radius 3 is 2.89 bits per heavy atom. The molecule has 0 saturated carbocycles. The Morgan fingerprint density at radius 2 is 2.21 bits per heavy atom. The highest BCUT2D eigenvalue weighted by Gasteiger charge is 2.38. The highest BCUT2D eigenvalue weighted by atomic mass is 32.2. The van der Waals surface area contributed by atoms with E-state index in [2.05, 4.69) is 0 Å². The minimum Gasteiger partial charge on any atom is -0.461 e. The van der Waals surface area contributed by atoms with Gasteiger partial charge in [0.15, 0.2) is 11.3 Å². The van der Waals surface area contributed by atoms with Crippen LogP contribution in [0.4, 0.5) is 0 Å². The van der Waals surface area contributed by atoms with Crippen LogP contribution in [0.15, 0.2) is 10.5 Å².